The van der Waals surface area contributed by atoms with Gasteiger partial charge in [-0.15, -0.1) is 0 Å². The topological polar surface area (TPSA) is 118 Å². The Bertz CT molecular complexity index is 945. The molecule has 0 atom stereocenters. The van der Waals surface area contributed by atoms with Gasteiger partial charge in [0.05, 0.1) is 36.2 Å². The van der Waals surface area contributed by atoms with E-state index in [9.17, 15) is 14.9 Å². The van der Waals surface area contributed by atoms with Crippen molar-refractivity contribution in [3.05, 3.63) is 46.5 Å². The Balaban J connectivity index is 2.33. The lowest BCUT2D eigenvalue weighted by molar-refractivity contribution is 0.1000. The first-order valence-corrected chi connectivity index (χ1v) is 8.15. The number of methoxy groups -OCH3 is 2. The van der Waals surface area contributed by atoms with Gasteiger partial charge in [0.15, 0.2) is 0 Å². The number of hydrogen-bond donors (Lipinski definition) is 3. The lowest BCUT2D eigenvalue weighted by atomic mass is 10.1. The fourth-order valence-corrected chi connectivity index (χ4v) is 2.66. The van der Waals surface area contributed by atoms with Gasteiger partial charge in [-0.3, -0.25) is 4.79 Å². The van der Waals surface area contributed by atoms with Crippen LogP contribution in [0.25, 0.3) is 0 Å². The largest absolute Gasteiger partial charge is 0.495 e. The molecular formula is C17H15ClN4O4S. The summed E-state index contributed by atoms with van der Waals surface area (Å²) < 4.78 is 11.2. The number of nitriles is 1. The van der Waals surface area contributed by atoms with Gasteiger partial charge in [0, 0.05) is 11.6 Å². The number of carbonyl (C=O) groups excluding carboxylic acids is 2. The van der Waals surface area contributed by atoms with E-state index in [1.807, 2.05) is 6.07 Å². The highest BCUT2D eigenvalue weighted by Crippen LogP contribution is 2.36. The monoisotopic (exact) mass is 406 g/mol. The zero-order valence-electron chi connectivity index (χ0n) is 14.3. The minimum atomic E-state index is -0.689. The maximum absolute atomic E-state index is 12.5. The van der Waals surface area contributed by atoms with Crippen molar-refractivity contribution in [2.45, 2.75) is 0 Å². The third-order valence-electron chi connectivity index (χ3n) is 3.54. The van der Waals surface area contributed by atoms with Gasteiger partial charge in [-0.2, -0.15) is 5.26 Å². The standard InChI is InChI=1S/C17H15ClN4O4S/c1-25-14-7-15(26-2)12(6-11(14)18)21-17(24)22(27)13-4-3-9(16(20)23)5-10(13)8-19/h3-7,27H,1-2H3,(H2,20,23)(H,21,24). The van der Waals surface area contributed by atoms with Crippen molar-refractivity contribution in [1.29, 1.82) is 5.26 Å². The van der Waals surface area contributed by atoms with Gasteiger partial charge in [0.2, 0.25) is 5.91 Å². The molecule has 3 amide bonds. The number of primary amides is 1. The molecule has 0 aliphatic rings. The molecule has 27 heavy (non-hydrogen) atoms. The summed E-state index contributed by atoms with van der Waals surface area (Å²) in [6, 6.07) is 8.25. The van der Waals surface area contributed by atoms with Crippen LogP contribution in [-0.4, -0.2) is 26.2 Å². The second-order valence-corrected chi connectivity index (χ2v) is 5.94. The normalized spacial score (nSPS) is 9.89. The Labute approximate surface area is 165 Å². The average Bonchev–Trinajstić information content (AvgIpc) is 2.66. The zero-order valence-corrected chi connectivity index (χ0v) is 16.0. The number of rotatable bonds is 5. The SMILES string of the molecule is COc1cc(OC)c(NC(=O)N(S)c2ccc(C(N)=O)cc2C#N)cc1Cl. The van der Waals surface area contributed by atoms with E-state index >= 15 is 0 Å². The third-order valence-corrected chi connectivity index (χ3v) is 4.23. The molecule has 0 bridgehead atoms. The van der Waals surface area contributed by atoms with Crippen LogP contribution < -0.4 is 24.8 Å². The van der Waals surface area contributed by atoms with Gasteiger partial charge in [0.25, 0.3) is 0 Å². The van der Waals surface area contributed by atoms with Crippen molar-refractivity contribution in [3.63, 3.8) is 0 Å². The molecular weight excluding hydrogens is 392 g/mol. The molecule has 0 aromatic heterocycles. The molecule has 0 spiro atoms. The van der Waals surface area contributed by atoms with Gasteiger partial charge in [-0.1, -0.05) is 24.4 Å². The fraction of sp³-hybridized carbons (Fsp3) is 0.118. The second-order valence-electron chi connectivity index (χ2n) is 5.14. The maximum Gasteiger partial charge on any atom is 0.336 e. The predicted octanol–water partition coefficient (Wildman–Crippen LogP) is 3.21. The Morgan fingerprint density at radius 2 is 1.89 bits per heavy atom. The number of nitrogens with zero attached hydrogens (tertiary/aromatic N) is 2. The Morgan fingerprint density at radius 1 is 1.22 bits per heavy atom. The van der Waals surface area contributed by atoms with Gasteiger partial charge < -0.3 is 20.5 Å². The number of amides is 3. The van der Waals surface area contributed by atoms with E-state index in [2.05, 4.69) is 18.1 Å². The highest BCUT2D eigenvalue weighted by molar-refractivity contribution is 7.82. The van der Waals surface area contributed by atoms with Gasteiger partial charge in [0.1, 0.15) is 17.6 Å². The molecule has 0 saturated heterocycles. The van der Waals surface area contributed by atoms with Crippen LogP contribution in [0.5, 0.6) is 11.5 Å². The summed E-state index contributed by atoms with van der Waals surface area (Å²) in [7, 11) is 2.88. The molecule has 3 N–H and O–H groups in total. The molecule has 0 unspecified atom stereocenters. The first kappa shape index (κ1) is 20.2. The Kier molecular flexibility index (Phi) is 6.39. The summed E-state index contributed by atoms with van der Waals surface area (Å²) in [6.07, 6.45) is 0. The van der Waals surface area contributed by atoms with E-state index in [4.69, 9.17) is 26.8 Å². The number of anilines is 2. The molecule has 0 fully saturated rings. The van der Waals surface area contributed by atoms with Crippen molar-refractivity contribution >= 4 is 47.7 Å². The number of urea groups is 1. The molecule has 0 radical (unpaired) electrons. The number of thiol groups is 1. The summed E-state index contributed by atoms with van der Waals surface area (Å²) in [5.74, 6) is 0.00444. The smallest absolute Gasteiger partial charge is 0.336 e. The summed E-state index contributed by atoms with van der Waals surface area (Å²) >= 11 is 10.2. The van der Waals surface area contributed by atoms with Crippen LogP contribution in [0.15, 0.2) is 30.3 Å². The highest BCUT2D eigenvalue weighted by Gasteiger charge is 2.20. The number of ether oxygens (including phenoxy) is 2. The van der Waals surface area contributed by atoms with Crippen LogP contribution in [0.2, 0.25) is 5.02 Å². The highest BCUT2D eigenvalue weighted by atomic mass is 35.5. The van der Waals surface area contributed by atoms with E-state index < -0.39 is 11.9 Å². The first-order chi connectivity index (χ1) is 12.8. The van der Waals surface area contributed by atoms with Gasteiger partial charge >= 0.3 is 6.03 Å². The Morgan fingerprint density at radius 3 is 2.44 bits per heavy atom. The van der Waals surface area contributed by atoms with E-state index in [1.165, 1.54) is 44.6 Å². The van der Waals surface area contributed by atoms with E-state index in [1.54, 1.807) is 0 Å². The lowest BCUT2D eigenvalue weighted by Gasteiger charge is -2.19. The Hall–Kier alpha value is -3.09. The van der Waals surface area contributed by atoms with E-state index in [0.29, 0.717) is 11.5 Å². The minimum Gasteiger partial charge on any atom is -0.495 e. The molecule has 2 aromatic rings. The number of nitrogens with one attached hydrogen (secondary N) is 1. The van der Waals surface area contributed by atoms with Crippen LogP contribution in [0, 0.1) is 11.3 Å². The summed E-state index contributed by atoms with van der Waals surface area (Å²) in [4.78, 5) is 23.8. The maximum atomic E-state index is 12.5. The molecule has 0 saturated carbocycles. The predicted molar refractivity (Wildman–Crippen MR) is 105 cm³/mol. The molecule has 8 nitrogen and oxygen atoms in total. The summed E-state index contributed by atoms with van der Waals surface area (Å²) in [5.41, 5.74) is 5.84. The number of nitrogens with two attached hydrogens (primary N) is 1. The van der Waals surface area contributed by atoms with Crippen LogP contribution in [0.4, 0.5) is 16.2 Å². The quantitative estimate of drug-likeness (QED) is 0.659. The average molecular weight is 407 g/mol. The molecule has 10 heteroatoms. The molecule has 0 aliphatic heterocycles. The van der Waals surface area contributed by atoms with Crippen molar-refractivity contribution in [2.75, 3.05) is 23.8 Å². The number of benzene rings is 2. The molecule has 2 rings (SSSR count). The van der Waals surface area contributed by atoms with Crippen LogP contribution in [0.1, 0.15) is 15.9 Å². The number of carbonyl (C=O) groups is 2. The molecule has 2 aromatic carbocycles. The van der Waals surface area contributed by atoms with Crippen molar-refractivity contribution in [3.8, 4) is 17.6 Å². The zero-order chi connectivity index (χ0) is 20.1. The van der Waals surface area contributed by atoms with Crippen molar-refractivity contribution in [2.24, 2.45) is 5.73 Å². The molecule has 140 valence electrons. The van der Waals surface area contributed by atoms with Gasteiger partial charge in [-0.05, 0) is 24.3 Å². The first-order valence-electron chi connectivity index (χ1n) is 7.37. The lowest BCUT2D eigenvalue weighted by Crippen LogP contribution is -2.27. The minimum absolute atomic E-state index is 0.0520. The van der Waals surface area contributed by atoms with Crippen molar-refractivity contribution in [1.82, 2.24) is 0 Å². The third kappa shape index (κ3) is 4.36. The summed E-state index contributed by atoms with van der Waals surface area (Å²) in [6.45, 7) is 0. The van der Waals surface area contributed by atoms with Crippen LogP contribution in [-0.2, 0) is 0 Å². The van der Waals surface area contributed by atoms with E-state index in [0.717, 1.165) is 4.31 Å². The fourth-order valence-electron chi connectivity index (χ4n) is 2.20. The van der Waals surface area contributed by atoms with Crippen molar-refractivity contribution < 1.29 is 19.1 Å². The van der Waals surface area contributed by atoms with Crippen LogP contribution in [0.3, 0.4) is 0 Å². The summed E-state index contributed by atoms with van der Waals surface area (Å²) in [5, 5.41) is 12.1. The number of hydrogen-bond acceptors (Lipinski definition) is 6. The molecule has 0 heterocycles. The van der Waals surface area contributed by atoms with E-state index in [-0.39, 0.29) is 27.5 Å². The number of halogens is 1. The van der Waals surface area contributed by atoms with Crippen LogP contribution >= 0.6 is 24.4 Å². The van der Waals surface area contributed by atoms with Gasteiger partial charge in [-0.25, -0.2) is 9.10 Å². The molecule has 0 aliphatic carbocycles. The second kappa shape index (κ2) is 8.53.